The van der Waals surface area contributed by atoms with Gasteiger partial charge in [-0.05, 0) is 45.1 Å². The zero-order valence-corrected chi connectivity index (χ0v) is 20.0. The summed E-state index contributed by atoms with van der Waals surface area (Å²) in [4.78, 5) is 31.6. The fourth-order valence-electron chi connectivity index (χ4n) is 3.16. The summed E-state index contributed by atoms with van der Waals surface area (Å²) in [5, 5.41) is 0.549. The van der Waals surface area contributed by atoms with Gasteiger partial charge in [0.2, 0.25) is 5.91 Å². The maximum absolute atomic E-state index is 13.4. The summed E-state index contributed by atoms with van der Waals surface area (Å²) in [5.74, 6) is -0.485. The number of amides is 1. The van der Waals surface area contributed by atoms with Crippen molar-refractivity contribution in [3.8, 4) is 0 Å². The number of ether oxygens (including phenoxy) is 1. The van der Waals surface area contributed by atoms with Crippen molar-refractivity contribution in [2.24, 2.45) is 0 Å². The average molecular weight is 475 g/mol. The van der Waals surface area contributed by atoms with Gasteiger partial charge in [0.05, 0.1) is 34.3 Å². The molecule has 2 heterocycles. The van der Waals surface area contributed by atoms with Crippen molar-refractivity contribution in [1.29, 1.82) is 0 Å². The van der Waals surface area contributed by atoms with E-state index in [1.54, 1.807) is 29.7 Å². The van der Waals surface area contributed by atoms with Crippen LogP contribution >= 0.6 is 47.1 Å². The molecule has 1 amide bonds. The third-order valence-electron chi connectivity index (χ3n) is 4.60. The lowest BCUT2D eigenvalue weighted by Crippen LogP contribution is -2.39. The minimum atomic E-state index is -0.399. The van der Waals surface area contributed by atoms with Crippen LogP contribution in [0, 0.1) is 6.92 Å². The minimum Gasteiger partial charge on any atom is -0.462 e. The van der Waals surface area contributed by atoms with Crippen LogP contribution in [0.5, 0.6) is 0 Å². The van der Waals surface area contributed by atoms with E-state index >= 15 is 0 Å². The second-order valence-electron chi connectivity index (χ2n) is 6.29. The monoisotopic (exact) mass is 474 g/mol. The van der Waals surface area contributed by atoms with Gasteiger partial charge < -0.3 is 4.74 Å². The number of fused-ring (bicyclic) bond motifs is 2. The summed E-state index contributed by atoms with van der Waals surface area (Å²) in [7, 11) is 0. The predicted octanol–water partition coefficient (Wildman–Crippen LogP) is 5.78. The number of likely N-dealkylation sites (N-methyl/N-ethyl adjacent to an activating group) is 1. The van der Waals surface area contributed by atoms with Gasteiger partial charge in [-0.2, -0.15) is 0 Å². The first kappa shape index (κ1) is 24.0. The van der Waals surface area contributed by atoms with Crippen LogP contribution in [-0.2, 0) is 9.53 Å². The Hall–Kier alpha value is -1.25. The molecule has 0 saturated heterocycles. The van der Waals surface area contributed by atoms with E-state index in [0.29, 0.717) is 22.0 Å². The van der Waals surface area contributed by atoms with Crippen molar-refractivity contribution in [3.63, 3.8) is 0 Å². The lowest BCUT2D eigenvalue weighted by Gasteiger charge is -2.31. The summed E-state index contributed by atoms with van der Waals surface area (Å²) < 4.78 is 6.20. The zero-order chi connectivity index (χ0) is 20.4. The molecule has 0 radical (unpaired) electrons. The van der Waals surface area contributed by atoms with Crippen LogP contribution < -0.4 is 4.90 Å². The summed E-state index contributed by atoms with van der Waals surface area (Å²) in [6, 6.07) is 5.52. The highest BCUT2D eigenvalue weighted by molar-refractivity contribution is 8.01. The Morgan fingerprint density at radius 3 is 2.52 bits per heavy atom. The van der Waals surface area contributed by atoms with Gasteiger partial charge in [0.1, 0.15) is 0 Å². The molecule has 1 aliphatic rings. The van der Waals surface area contributed by atoms with Crippen LogP contribution in [0.4, 0.5) is 11.4 Å². The summed E-state index contributed by atoms with van der Waals surface area (Å²) >= 11 is 9.31. The molecule has 0 fully saturated rings. The smallest absolute Gasteiger partial charge is 0.341 e. The Balaban J connectivity index is 0.00000300. The molecule has 1 aromatic heterocycles. The van der Waals surface area contributed by atoms with Gasteiger partial charge in [-0.25, -0.2) is 4.79 Å². The number of hydrogen-bond donors (Lipinski definition) is 0. The Bertz CT molecular complexity index is 913. The molecule has 0 bridgehead atoms. The average Bonchev–Trinajstić information content (AvgIpc) is 2.99. The maximum Gasteiger partial charge on any atom is 0.341 e. The van der Waals surface area contributed by atoms with Crippen molar-refractivity contribution < 1.29 is 14.3 Å². The van der Waals surface area contributed by atoms with Crippen LogP contribution in [0.1, 0.15) is 36.0 Å². The molecule has 0 unspecified atom stereocenters. The normalized spacial score (nSPS) is 12.3. The minimum absolute atomic E-state index is 0. The molecule has 158 valence electrons. The number of benzene rings is 1. The standard InChI is InChI=1S/C20H23ClN2O3S2.ClH/c1-5-22(6-2)11-16(24)23-14-10-13(21)8-9-15(14)28-20-18(23)17(12(4)27-20)19(25)26-7-3;/h8-10H,5-7,11H2,1-4H3;1H. The lowest BCUT2D eigenvalue weighted by molar-refractivity contribution is -0.119. The summed E-state index contributed by atoms with van der Waals surface area (Å²) in [6.07, 6.45) is 0. The van der Waals surface area contributed by atoms with Gasteiger partial charge in [0.25, 0.3) is 0 Å². The van der Waals surface area contributed by atoms with Gasteiger partial charge >= 0.3 is 5.97 Å². The molecular formula is C20H24Cl2N2O3S2. The van der Waals surface area contributed by atoms with E-state index in [9.17, 15) is 9.59 Å². The quantitative estimate of drug-likeness (QED) is 0.496. The molecule has 0 aliphatic carbocycles. The van der Waals surface area contributed by atoms with Crippen molar-refractivity contribution in [3.05, 3.63) is 33.7 Å². The second kappa shape index (κ2) is 10.2. The number of anilines is 2. The highest BCUT2D eigenvalue weighted by atomic mass is 35.5. The van der Waals surface area contributed by atoms with Crippen LogP contribution in [0.3, 0.4) is 0 Å². The number of thiophene rings is 1. The van der Waals surface area contributed by atoms with E-state index in [1.165, 1.54) is 11.3 Å². The first-order valence-electron chi connectivity index (χ1n) is 9.24. The molecule has 5 nitrogen and oxygen atoms in total. The highest BCUT2D eigenvalue weighted by Crippen LogP contribution is 2.54. The van der Waals surface area contributed by atoms with Crippen LogP contribution in [-0.4, -0.2) is 43.0 Å². The Labute approximate surface area is 190 Å². The molecule has 2 aromatic rings. The van der Waals surface area contributed by atoms with E-state index in [2.05, 4.69) is 4.90 Å². The summed E-state index contributed by atoms with van der Waals surface area (Å²) in [5.41, 5.74) is 1.80. The number of carbonyl (C=O) groups excluding carboxylic acids is 2. The van der Waals surface area contributed by atoms with Crippen LogP contribution in [0.25, 0.3) is 0 Å². The van der Waals surface area contributed by atoms with Gasteiger partial charge in [-0.15, -0.1) is 23.7 Å². The largest absolute Gasteiger partial charge is 0.462 e. The van der Waals surface area contributed by atoms with E-state index < -0.39 is 5.97 Å². The molecule has 3 rings (SSSR count). The molecule has 29 heavy (non-hydrogen) atoms. The topological polar surface area (TPSA) is 49.9 Å². The third kappa shape index (κ3) is 4.75. The van der Waals surface area contributed by atoms with Crippen LogP contribution in [0.2, 0.25) is 5.02 Å². The van der Waals surface area contributed by atoms with Crippen LogP contribution in [0.15, 0.2) is 27.3 Å². The number of halogens is 2. The second-order valence-corrected chi connectivity index (χ2v) is 9.27. The Kier molecular flexibility index (Phi) is 8.43. The fourth-order valence-corrected chi connectivity index (χ4v) is 5.87. The number of aryl methyl sites for hydroxylation is 1. The Morgan fingerprint density at radius 2 is 1.90 bits per heavy atom. The van der Waals surface area contributed by atoms with Crippen molar-refractivity contribution in [1.82, 2.24) is 4.90 Å². The van der Waals surface area contributed by atoms with Gasteiger partial charge in [-0.3, -0.25) is 14.6 Å². The molecule has 0 N–H and O–H groups in total. The molecule has 0 atom stereocenters. The molecule has 1 aliphatic heterocycles. The highest BCUT2D eigenvalue weighted by Gasteiger charge is 2.36. The molecule has 0 saturated carbocycles. The number of rotatable bonds is 6. The molecular weight excluding hydrogens is 451 g/mol. The molecule has 0 spiro atoms. The number of hydrogen-bond acceptors (Lipinski definition) is 6. The zero-order valence-electron chi connectivity index (χ0n) is 16.8. The molecule has 9 heteroatoms. The van der Waals surface area contributed by atoms with E-state index in [-0.39, 0.29) is 31.5 Å². The van der Waals surface area contributed by atoms with Gasteiger partial charge in [0, 0.05) is 14.8 Å². The van der Waals surface area contributed by atoms with Crippen molar-refractivity contribution >= 4 is 70.4 Å². The molecule has 1 aromatic carbocycles. The predicted molar refractivity (Wildman–Crippen MR) is 123 cm³/mol. The van der Waals surface area contributed by atoms with E-state index in [1.807, 2.05) is 32.9 Å². The van der Waals surface area contributed by atoms with Crippen molar-refractivity contribution in [2.45, 2.75) is 36.8 Å². The first-order chi connectivity index (χ1) is 13.4. The fraction of sp³-hybridized carbons (Fsp3) is 0.400. The van der Waals surface area contributed by atoms with E-state index in [0.717, 1.165) is 27.1 Å². The van der Waals surface area contributed by atoms with E-state index in [4.69, 9.17) is 16.3 Å². The third-order valence-corrected chi connectivity index (χ3v) is 7.17. The lowest BCUT2D eigenvalue weighted by atomic mass is 10.1. The van der Waals surface area contributed by atoms with Gasteiger partial charge in [0.15, 0.2) is 0 Å². The Morgan fingerprint density at radius 1 is 1.21 bits per heavy atom. The van der Waals surface area contributed by atoms with Crippen molar-refractivity contribution in [2.75, 3.05) is 31.1 Å². The maximum atomic E-state index is 13.4. The number of esters is 1. The summed E-state index contributed by atoms with van der Waals surface area (Å²) in [6.45, 7) is 9.81. The van der Waals surface area contributed by atoms with Gasteiger partial charge in [-0.1, -0.05) is 37.2 Å². The number of nitrogens with zero attached hydrogens (tertiary/aromatic N) is 2. The number of carbonyl (C=O) groups is 2. The SMILES string of the molecule is CCOC(=O)c1c(C)sc2c1N(C(=O)CN(CC)CC)c1cc(Cl)ccc1S2.Cl. The first-order valence-corrected chi connectivity index (χ1v) is 11.2.